The molecule has 2 N–H and O–H groups in total. The number of rotatable bonds is 4. The van der Waals surface area contributed by atoms with Crippen LogP contribution in [0.25, 0.3) is 0 Å². The van der Waals surface area contributed by atoms with Crippen molar-refractivity contribution in [2.24, 2.45) is 0 Å². The van der Waals surface area contributed by atoms with Gasteiger partial charge >= 0.3 is 29.6 Å². The van der Waals surface area contributed by atoms with Gasteiger partial charge in [0.1, 0.15) is 0 Å². The molecule has 0 radical (unpaired) electrons. The minimum Gasteiger partial charge on any atom is -0.734 e. The maximum atomic E-state index is 10.3. The summed E-state index contributed by atoms with van der Waals surface area (Å²) in [4.78, 5) is 11.1. The van der Waals surface area contributed by atoms with E-state index in [2.05, 4.69) is 5.43 Å². The zero-order valence-electron chi connectivity index (χ0n) is 8.21. The van der Waals surface area contributed by atoms with Crippen molar-refractivity contribution >= 4 is 21.7 Å². The van der Waals surface area contributed by atoms with Crippen LogP contribution in [0.3, 0.4) is 0 Å². The quantitative estimate of drug-likeness (QED) is 0.255. The molecule has 0 fully saturated rings. The summed E-state index contributed by atoms with van der Waals surface area (Å²) in [5.41, 5.74) is 2.17. The number of nitrogens with one attached hydrogen (secondary N) is 2. The van der Waals surface area contributed by atoms with Gasteiger partial charge < -0.3 is 9.98 Å². The van der Waals surface area contributed by atoms with Crippen molar-refractivity contribution in [3.63, 3.8) is 0 Å². The Bertz CT molecular complexity index is 460. The maximum absolute atomic E-state index is 10.3. The van der Waals surface area contributed by atoms with Crippen LogP contribution in [0.15, 0.2) is 24.3 Å². The molecule has 0 saturated carbocycles. The number of nitrogens with zero attached hydrogens (tertiary/aromatic N) is 1. The first-order valence-electron chi connectivity index (χ1n) is 3.61. The van der Waals surface area contributed by atoms with Crippen LogP contribution in [0.4, 0.5) is 11.4 Å². The fourth-order valence-corrected chi connectivity index (χ4v) is 1.03. The SMILES string of the molecule is O=[N+]([O-])c1ccc(NNS(=O)(=O)[O-])cc1.[Na+]. The Morgan fingerprint density at radius 3 is 2.06 bits per heavy atom. The van der Waals surface area contributed by atoms with E-state index in [4.69, 9.17) is 0 Å². The van der Waals surface area contributed by atoms with Gasteiger partial charge in [0, 0.05) is 12.1 Å². The van der Waals surface area contributed by atoms with E-state index in [0.717, 1.165) is 0 Å². The fourth-order valence-electron chi connectivity index (χ4n) is 0.788. The van der Waals surface area contributed by atoms with Crippen molar-refractivity contribution in [1.29, 1.82) is 0 Å². The number of hydrazine groups is 1. The number of non-ortho nitro benzene ring substituents is 1. The first kappa shape index (κ1) is 15.3. The van der Waals surface area contributed by atoms with E-state index >= 15 is 0 Å². The average molecular weight is 255 g/mol. The van der Waals surface area contributed by atoms with Crippen LogP contribution in [0.5, 0.6) is 0 Å². The maximum Gasteiger partial charge on any atom is 1.00 e. The van der Waals surface area contributed by atoms with Crippen LogP contribution in [0.1, 0.15) is 0 Å². The third-order valence-corrected chi connectivity index (χ3v) is 1.75. The third-order valence-electron chi connectivity index (χ3n) is 1.40. The zero-order chi connectivity index (χ0) is 11.5. The molecule has 0 spiro atoms. The van der Waals surface area contributed by atoms with Gasteiger partial charge in [0.25, 0.3) is 5.69 Å². The topological polar surface area (TPSA) is 124 Å². The first-order chi connectivity index (χ1) is 6.88. The Kier molecular flexibility index (Phi) is 5.86. The van der Waals surface area contributed by atoms with Crippen LogP contribution in [0.2, 0.25) is 0 Å². The Balaban J connectivity index is 0.00000225. The minimum absolute atomic E-state index is 0. The van der Waals surface area contributed by atoms with Crippen LogP contribution in [-0.2, 0) is 10.3 Å². The first-order valence-corrected chi connectivity index (χ1v) is 5.02. The molecule has 0 aromatic heterocycles. The summed E-state index contributed by atoms with van der Waals surface area (Å²) in [5.74, 6) is 0. The second-order valence-electron chi connectivity index (χ2n) is 2.49. The van der Waals surface area contributed by atoms with E-state index in [1.165, 1.54) is 29.1 Å². The Morgan fingerprint density at radius 1 is 1.19 bits per heavy atom. The molecule has 8 nitrogen and oxygen atoms in total. The van der Waals surface area contributed by atoms with E-state index in [9.17, 15) is 23.1 Å². The Morgan fingerprint density at radius 2 is 1.69 bits per heavy atom. The van der Waals surface area contributed by atoms with Gasteiger partial charge in [-0.1, -0.05) is 0 Å². The predicted octanol–water partition coefficient (Wildman–Crippen LogP) is -3.02. The molecule has 0 aliphatic carbocycles. The van der Waals surface area contributed by atoms with Gasteiger partial charge in [-0.15, -0.1) is 4.83 Å². The van der Waals surface area contributed by atoms with Gasteiger partial charge in [-0.05, 0) is 12.1 Å². The smallest absolute Gasteiger partial charge is 0.734 e. The molecular weight excluding hydrogens is 249 g/mol. The second kappa shape index (κ2) is 6.13. The molecule has 82 valence electrons. The standard InChI is InChI=1S/C6H7N3O5S.Na/c10-9(11)6-3-1-5(2-4-6)7-8-15(12,13)14;/h1-4,7-8H,(H,12,13,14);/q;+1/p-1. The van der Waals surface area contributed by atoms with E-state index < -0.39 is 15.2 Å². The van der Waals surface area contributed by atoms with Gasteiger partial charge in [0.2, 0.25) is 0 Å². The van der Waals surface area contributed by atoms with Crippen LogP contribution >= 0.6 is 0 Å². The number of hydrogen-bond donors (Lipinski definition) is 2. The van der Waals surface area contributed by atoms with Gasteiger partial charge in [-0.2, -0.15) is 0 Å². The molecule has 1 aromatic rings. The summed E-state index contributed by atoms with van der Waals surface area (Å²) in [7, 11) is -4.59. The molecule has 0 heterocycles. The molecule has 0 atom stereocenters. The summed E-state index contributed by atoms with van der Waals surface area (Å²) in [5, 5.41) is 10.3. The zero-order valence-corrected chi connectivity index (χ0v) is 11.0. The number of nitro groups is 1. The Labute approximate surface area is 113 Å². The summed E-state index contributed by atoms with van der Waals surface area (Å²) >= 11 is 0. The van der Waals surface area contributed by atoms with Crippen LogP contribution in [0, 0.1) is 10.1 Å². The molecule has 0 aliphatic rings. The van der Waals surface area contributed by atoms with E-state index in [-0.39, 0.29) is 40.9 Å². The molecule has 1 aromatic carbocycles. The minimum atomic E-state index is -4.59. The van der Waals surface area contributed by atoms with E-state index in [1.807, 2.05) is 0 Å². The number of benzene rings is 1. The molecule has 0 amide bonds. The normalized spacial score (nSPS) is 10.3. The van der Waals surface area contributed by atoms with Crippen molar-refractivity contribution in [3.8, 4) is 0 Å². The van der Waals surface area contributed by atoms with Crippen molar-refractivity contribution in [3.05, 3.63) is 34.4 Å². The molecule has 10 heteroatoms. The van der Waals surface area contributed by atoms with Crippen molar-refractivity contribution < 1.29 is 47.5 Å². The molecule has 1 rings (SSSR count). The van der Waals surface area contributed by atoms with Crippen molar-refractivity contribution in [2.75, 3.05) is 5.43 Å². The van der Waals surface area contributed by atoms with Gasteiger partial charge in [0.15, 0.2) is 10.3 Å². The molecule has 0 bridgehead atoms. The molecular formula is C6H6N3NaO5S. The summed E-state index contributed by atoms with van der Waals surface area (Å²) < 4.78 is 30.4. The number of anilines is 1. The summed E-state index contributed by atoms with van der Waals surface area (Å²) in [6.45, 7) is 0. The molecule has 16 heavy (non-hydrogen) atoms. The fraction of sp³-hybridized carbons (Fsp3) is 0. The number of nitro benzene ring substituents is 1. The van der Waals surface area contributed by atoms with Crippen molar-refractivity contribution in [1.82, 2.24) is 4.83 Å². The monoisotopic (exact) mass is 255 g/mol. The third kappa shape index (κ3) is 5.39. The number of hydrogen-bond acceptors (Lipinski definition) is 6. The second-order valence-corrected chi connectivity index (χ2v) is 3.60. The largest absolute Gasteiger partial charge is 1.00 e. The predicted molar refractivity (Wildman–Crippen MR) is 49.6 cm³/mol. The van der Waals surface area contributed by atoms with E-state index in [0.29, 0.717) is 0 Å². The van der Waals surface area contributed by atoms with Crippen molar-refractivity contribution in [2.45, 2.75) is 0 Å². The van der Waals surface area contributed by atoms with Gasteiger partial charge in [-0.3, -0.25) is 10.1 Å². The van der Waals surface area contributed by atoms with Gasteiger partial charge in [-0.25, -0.2) is 8.42 Å². The Hall–Kier alpha value is -0.710. The molecule has 0 aliphatic heterocycles. The molecule has 0 saturated heterocycles. The molecule has 0 unspecified atom stereocenters. The summed E-state index contributed by atoms with van der Waals surface area (Å²) in [6, 6.07) is 4.86. The van der Waals surface area contributed by atoms with Crippen LogP contribution < -0.4 is 39.8 Å². The summed E-state index contributed by atoms with van der Waals surface area (Å²) in [6.07, 6.45) is 0. The van der Waals surface area contributed by atoms with E-state index in [1.54, 1.807) is 0 Å². The van der Waals surface area contributed by atoms with Crippen LogP contribution in [-0.4, -0.2) is 17.9 Å². The van der Waals surface area contributed by atoms with Gasteiger partial charge in [0.05, 0.1) is 10.6 Å². The average Bonchev–Trinajstić information content (AvgIpc) is 2.14.